The smallest absolute Gasteiger partial charge is 0.430 e. The third-order valence-corrected chi connectivity index (χ3v) is 5.28. The van der Waals surface area contributed by atoms with Crippen LogP contribution >= 0.6 is 0 Å². The number of ether oxygens (including phenoxy) is 1. The van der Waals surface area contributed by atoms with Crippen molar-refractivity contribution < 1.29 is 31.5 Å². The van der Waals surface area contributed by atoms with E-state index in [2.05, 4.69) is 25.3 Å². The van der Waals surface area contributed by atoms with Crippen molar-refractivity contribution in [2.24, 2.45) is 0 Å². The Kier molecular flexibility index (Phi) is 5.43. The first-order chi connectivity index (χ1) is 14.9. The van der Waals surface area contributed by atoms with E-state index in [9.17, 15) is 26.7 Å². The van der Waals surface area contributed by atoms with Crippen molar-refractivity contribution in [2.75, 3.05) is 29.9 Å². The van der Waals surface area contributed by atoms with Gasteiger partial charge in [-0.2, -0.15) is 13.2 Å². The Morgan fingerprint density at radius 1 is 1.22 bits per heavy atom. The predicted molar refractivity (Wildman–Crippen MR) is 106 cm³/mol. The highest BCUT2D eigenvalue weighted by atomic mass is 19.4. The normalized spacial score (nSPS) is 21.6. The van der Waals surface area contributed by atoms with Gasteiger partial charge < -0.3 is 15.0 Å². The van der Waals surface area contributed by atoms with Gasteiger partial charge in [0.1, 0.15) is 11.6 Å². The summed E-state index contributed by atoms with van der Waals surface area (Å²) in [6, 6.07) is 3.61. The summed E-state index contributed by atoms with van der Waals surface area (Å²) >= 11 is 0. The Balaban J connectivity index is 1.90. The zero-order chi connectivity index (χ0) is 23.3. The number of cyclic esters (lactones) is 1. The van der Waals surface area contributed by atoms with E-state index in [4.69, 9.17) is 0 Å². The number of hydrogen-bond donors (Lipinski definition) is 2. The first-order valence-corrected chi connectivity index (χ1v) is 9.86. The number of fused-ring (bicyclic) bond motifs is 1. The van der Waals surface area contributed by atoms with Crippen LogP contribution in [-0.2, 0) is 10.7 Å². The number of nitrogens with one attached hydrogen (secondary N) is 2. The van der Waals surface area contributed by atoms with Gasteiger partial charge in [-0.1, -0.05) is 0 Å². The lowest BCUT2D eigenvalue weighted by Crippen LogP contribution is -2.49. The standard InChI is InChI=1S/C20H20F5N5O2/c1-10-9-30(6-5-26-10)14-8-11(19(2,21)22)7-13(28-14)12-3-4-27-17-15(12)16(20(23,24)25)32-18(31)29-17/h3-4,7-8,10,16,26H,5-6,9H2,1-2H3,(H,27,29,31)/t10-,16-/m0/s1. The number of carbonyl (C=O) groups excluding carboxylic acids is 1. The highest BCUT2D eigenvalue weighted by molar-refractivity contribution is 5.89. The molecular weight excluding hydrogens is 437 g/mol. The lowest BCUT2D eigenvalue weighted by Gasteiger charge is -2.33. The van der Waals surface area contributed by atoms with Crippen molar-refractivity contribution in [3.05, 3.63) is 35.5 Å². The van der Waals surface area contributed by atoms with Crippen LogP contribution in [0.4, 0.5) is 38.4 Å². The second-order valence-electron chi connectivity index (χ2n) is 7.86. The molecule has 1 saturated heterocycles. The molecule has 0 bridgehead atoms. The minimum Gasteiger partial charge on any atom is -0.431 e. The fraction of sp³-hybridized carbons (Fsp3) is 0.450. The first-order valence-electron chi connectivity index (χ1n) is 9.86. The molecule has 0 aliphatic carbocycles. The third-order valence-electron chi connectivity index (χ3n) is 5.28. The number of hydrogen-bond acceptors (Lipinski definition) is 6. The molecule has 0 unspecified atom stereocenters. The van der Waals surface area contributed by atoms with Gasteiger partial charge >= 0.3 is 12.3 Å². The lowest BCUT2D eigenvalue weighted by atomic mass is 9.97. The molecule has 2 aliphatic heterocycles. The zero-order valence-corrected chi connectivity index (χ0v) is 17.1. The number of piperazine rings is 1. The van der Waals surface area contributed by atoms with Gasteiger partial charge in [0.05, 0.1) is 11.3 Å². The summed E-state index contributed by atoms with van der Waals surface area (Å²) in [5.74, 6) is -3.39. The van der Waals surface area contributed by atoms with Crippen molar-refractivity contribution in [3.63, 3.8) is 0 Å². The summed E-state index contributed by atoms with van der Waals surface area (Å²) in [4.78, 5) is 21.6. The second-order valence-corrected chi connectivity index (χ2v) is 7.86. The average Bonchev–Trinajstić information content (AvgIpc) is 2.71. The molecule has 1 amide bonds. The number of amides is 1. The Morgan fingerprint density at radius 3 is 2.62 bits per heavy atom. The average molecular weight is 457 g/mol. The molecule has 172 valence electrons. The summed E-state index contributed by atoms with van der Waals surface area (Å²) in [5.41, 5.74) is -1.08. The third kappa shape index (κ3) is 4.31. The molecule has 2 aromatic heterocycles. The topological polar surface area (TPSA) is 79.4 Å². The molecule has 0 saturated carbocycles. The van der Waals surface area contributed by atoms with Gasteiger partial charge in [-0.25, -0.2) is 23.5 Å². The molecule has 32 heavy (non-hydrogen) atoms. The summed E-state index contributed by atoms with van der Waals surface area (Å²) in [6.45, 7) is 4.22. The van der Waals surface area contributed by atoms with Crippen LogP contribution in [0.5, 0.6) is 0 Å². The van der Waals surface area contributed by atoms with E-state index >= 15 is 0 Å². The van der Waals surface area contributed by atoms with E-state index in [1.54, 1.807) is 4.90 Å². The van der Waals surface area contributed by atoms with Crippen LogP contribution in [0.25, 0.3) is 11.3 Å². The van der Waals surface area contributed by atoms with Crippen LogP contribution in [-0.4, -0.2) is 47.9 Å². The Bertz CT molecular complexity index is 1040. The van der Waals surface area contributed by atoms with Crippen LogP contribution in [0.2, 0.25) is 0 Å². The summed E-state index contributed by atoms with van der Waals surface area (Å²) in [5, 5.41) is 5.37. The number of carbonyl (C=O) groups is 1. The monoisotopic (exact) mass is 457 g/mol. The fourth-order valence-electron chi connectivity index (χ4n) is 3.79. The van der Waals surface area contributed by atoms with E-state index in [-0.39, 0.29) is 28.9 Å². The SMILES string of the molecule is C[C@H]1CN(c2cc(C(C)(F)F)cc(-c3ccnc4c3[C@@H](C(F)(F)F)OC(=O)N4)n2)CCN1. The number of halogens is 5. The predicted octanol–water partition coefficient (Wildman–Crippen LogP) is 4.22. The summed E-state index contributed by atoms with van der Waals surface area (Å²) in [6.07, 6.45) is -7.67. The first kappa shape index (κ1) is 22.2. The molecule has 7 nitrogen and oxygen atoms in total. The van der Waals surface area contributed by atoms with E-state index in [1.807, 2.05) is 6.92 Å². The number of rotatable bonds is 3. The van der Waals surface area contributed by atoms with Crippen molar-refractivity contribution in [2.45, 2.75) is 38.1 Å². The second kappa shape index (κ2) is 7.84. The number of alkyl halides is 5. The zero-order valence-electron chi connectivity index (χ0n) is 17.1. The maximum Gasteiger partial charge on any atom is 0.430 e. The molecule has 4 heterocycles. The highest BCUT2D eigenvalue weighted by Crippen LogP contribution is 2.46. The lowest BCUT2D eigenvalue weighted by molar-refractivity contribution is -0.206. The Morgan fingerprint density at radius 2 is 1.97 bits per heavy atom. The van der Waals surface area contributed by atoms with Gasteiger partial charge in [-0.05, 0) is 25.1 Å². The molecule has 2 N–H and O–H groups in total. The minimum atomic E-state index is -4.94. The van der Waals surface area contributed by atoms with E-state index in [1.165, 1.54) is 18.3 Å². The number of aromatic nitrogens is 2. The van der Waals surface area contributed by atoms with Crippen molar-refractivity contribution in [1.82, 2.24) is 15.3 Å². The molecule has 2 aliphatic rings. The number of nitrogens with zero attached hydrogens (tertiary/aromatic N) is 3. The maximum atomic E-state index is 14.3. The van der Waals surface area contributed by atoms with Crippen molar-refractivity contribution >= 4 is 17.7 Å². The van der Waals surface area contributed by atoms with Crippen LogP contribution < -0.4 is 15.5 Å². The van der Waals surface area contributed by atoms with E-state index in [0.717, 1.165) is 6.07 Å². The highest BCUT2D eigenvalue weighted by Gasteiger charge is 2.49. The quantitative estimate of drug-likeness (QED) is 0.672. The van der Waals surface area contributed by atoms with Gasteiger partial charge in [0.25, 0.3) is 5.92 Å². The van der Waals surface area contributed by atoms with E-state index in [0.29, 0.717) is 26.6 Å². The van der Waals surface area contributed by atoms with Crippen LogP contribution in [0.1, 0.15) is 31.1 Å². The molecule has 2 atom stereocenters. The van der Waals surface area contributed by atoms with Gasteiger partial charge in [-0.3, -0.25) is 5.32 Å². The summed E-state index contributed by atoms with van der Waals surface area (Å²) in [7, 11) is 0. The fourth-order valence-corrected chi connectivity index (χ4v) is 3.79. The Labute approximate surface area is 180 Å². The number of pyridine rings is 2. The van der Waals surface area contributed by atoms with Gasteiger partial charge in [-0.15, -0.1) is 0 Å². The van der Waals surface area contributed by atoms with Crippen LogP contribution in [0.3, 0.4) is 0 Å². The van der Waals surface area contributed by atoms with Crippen LogP contribution in [0, 0.1) is 0 Å². The van der Waals surface area contributed by atoms with E-state index < -0.39 is 35.4 Å². The van der Waals surface area contributed by atoms with Crippen LogP contribution in [0.15, 0.2) is 24.4 Å². The molecule has 1 fully saturated rings. The molecule has 12 heteroatoms. The van der Waals surface area contributed by atoms with Crippen molar-refractivity contribution in [1.29, 1.82) is 0 Å². The molecule has 0 aromatic carbocycles. The number of anilines is 2. The molecule has 2 aromatic rings. The van der Waals surface area contributed by atoms with Gasteiger partial charge in [0.2, 0.25) is 6.10 Å². The summed E-state index contributed by atoms with van der Waals surface area (Å²) < 4.78 is 74.1. The minimum absolute atomic E-state index is 0.0756. The molecular formula is C20H20F5N5O2. The Hall–Kier alpha value is -3.02. The van der Waals surface area contributed by atoms with Gasteiger partial charge in [0, 0.05) is 49.9 Å². The van der Waals surface area contributed by atoms with Gasteiger partial charge in [0.15, 0.2) is 0 Å². The van der Waals surface area contributed by atoms with Crippen molar-refractivity contribution in [3.8, 4) is 11.3 Å². The molecule has 0 spiro atoms. The maximum absolute atomic E-state index is 14.3. The largest absolute Gasteiger partial charge is 0.431 e. The molecule has 0 radical (unpaired) electrons. The molecule has 4 rings (SSSR count).